The van der Waals surface area contributed by atoms with Gasteiger partial charge < -0.3 is 9.64 Å². The van der Waals surface area contributed by atoms with Crippen molar-refractivity contribution in [2.24, 2.45) is 7.05 Å². The van der Waals surface area contributed by atoms with Gasteiger partial charge in [-0.2, -0.15) is 5.10 Å². The molecule has 7 heteroatoms. The lowest BCUT2D eigenvalue weighted by Crippen LogP contribution is -2.40. The number of ether oxygens (including phenoxy) is 1. The molecule has 5 nitrogen and oxygen atoms in total. The molecule has 1 aliphatic rings. The fraction of sp³-hybridized carbons (Fsp3) is 0.556. The maximum Gasteiger partial charge on any atom is 0.291 e. The topological polar surface area (TPSA) is 47.4 Å². The summed E-state index contributed by atoms with van der Waals surface area (Å²) in [4.78, 5) is 13.8. The Morgan fingerprint density at radius 2 is 1.94 bits per heavy atom. The molecule has 0 amide bonds. The number of rotatable bonds is 1. The van der Waals surface area contributed by atoms with Crippen molar-refractivity contribution in [2.45, 2.75) is 0 Å². The van der Waals surface area contributed by atoms with Gasteiger partial charge in [-0.3, -0.25) is 4.79 Å². The van der Waals surface area contributed by atoms with Crippen molar-refractivity contribution >= 4 is 28.9 Å². The van der Waals surface area contributed by atoms with Crippen LogP contribution in [-0.4, -0.2) is 36.1 Å². The Kier molecular flexibility index (Phi) is 3.37. The number of morpholine rings is 1. The lowest BCUT2D eigenvalue weighted by atomic mass is 10.3. The minimum absolute atomic E-state index is 0.144. The van der Waals surface area contributed by atoms with Gasteiger partial charge >= 0.3 is 0 Å². The van der Waals surface area contributed by atoms with E-state index in [2.05, 4.69) is 5.10 Å². The van der Waals surface area contributed by atoms with Crippen molar-refractivity contribution in [3.05, 3.63) is 20.5 Å². The first-order chi connectivity index (χ1) is 7.61. The van der Waals surface area contributed by atoms with Crippen molar-refractivity contribution in [1.29, 1.82) is 0 Å². The van der Waals surface area contributed by atoms with Gasteiger partial charge in [0, 0.05) is 20.1 Å². The fourth-order valence-electron chi connectivity index (χ4n) is 1.63. The highest BCUT2D eigenvalue weighted by atomic mass is 35.5. The minimum Gasteiger partial charge on any atom is -0.378 e. The monoisotopic (exact) mass is 263 g/mol. The number of anilines is 1. The maximum absolute atomic E-state index is 11.9. The van der Waals surface area contributed by atoms with Crippen LogP contribution in [0.5, 0.6) is 0 Å². The van der Waals surface area contributed by atoms with E-state index < -0.39 is 0 Å². The Morgan fingerprint density at radius 3 is 2.56 bits per heavy atom. The van der Waals surface area contributed by atoms with Gasteiger partial charge in [-0.15, -0.1) is 0 Å². The highest BCUT2D eigenvalue weighted by Gasteiger charge is 2.21. The van der Waals surface area contributed by atoms with Gasteiger partial charge in [-0.05, 0) is 0 Å². The molecular weight excluding hydrogens is 253 g/mol. The molecular formula is C9H11Cl2N3O2. The summed E-state index contributed by atoms with van der Waals surface area (Å²) in [6.45, 7) is 2.43. The zero-order chi connectivity index (χ0) is 11.7. The van der Waals surface area contributed by atoms with Gasteiger partial charge in [0.2, 0.25) is 0 Å². The zero-order valence-electron chi connectivity index (χ0n) is 8.74. The average Bonchev–Trinajstić information content (AvgIpc) is 2.28. The van der Waals surface area contributed by atoms with E-state index >= 15 is 0 Å². The minimum atomic E-state index is -0.240. The highest BCUT2D eigenvalue weighted by Crippen LogP contribution is 2.27. The number of hydrogen-bond donors (Lipinski definition) is 0. The molecule has 2 heterocycles. The van der Waals surface area contributed by atoms with Crippen molar-refractivity contribution in [1.82, 2.24) is 9.78 Å². The molecule has 1 fully saturated rings. The van der Waals surface area contributed by atoms with Crippen LogP contribution in [0.2, 0.25) is 10.2 Å². The standard InChI is InChI=1S/C9H11Cl2N3O2/c1-13-9(15)7(6(10)8(11)12-13)14-2-4-16-5-3-14/h2-5H2,1H3. The normalized spacial score (nSPS) is 16.6. The average molecular weight is 264 g/mol. The molecule has 0 aliphatic carbocycles. The number of nitrogens with zero attached hydrogens (tertiary/aromatic N) is 3. The number of aryl methyl sites for hydroxylation is 1. The predicted octanol–water partition coefficient (Wildman–Crippen LogP) is 0.924. The summed E-state index contributed by atoms with van der Waals surface area (Å²) >= 11 is 11.9. The molecule has 0 atom stereocenters. The van der Waals surface area contributed by atoms with Crippen LogP contribution in [0, 0.1) is 0 Å². The molecule has 88 valence electrons. The van der Waals surface area contributed by atoms with E-state index in [1.165, 1.54) is 4.68 Å². The second-order valence-electron chi connectivity index (χ2n) is 3.48. The van der Waals surface area contributed by atoms with Gasteiger partial charge in [0.05, 0.1) is 13.2 Å². The van der Waals surface area contributed by atoms with E-state index in [0.717, 1.165) is 0 Å². The van der Waals surface area contributed by atoms with Gasteiger partial charge in [-0.1, -0.05) is 23.2 Å². The maximum atomic E-state index is 11.9. The second-order valence-corrected chi connectivity index (χ2v) is 4.22. The van der Waals surface area contributed by atoms with Crippen LogP contribution < -0.4 is 10.5 Å². The van der Waals surface area contributed by atoms with E-state index in [1.807, 2.05) is 4.90 Å². The van der Waals surface area contributed by atoms with Crippen LogP contribution in [0.3, 0.4) is 0 Å². The van der Waals surface area contributed by atoms with Crippen LogP contribution >= 0.6 is 23.2 Å². The van der Waals surface area contributed by atoms with Crippen molar-refractivity contribution in [3.8, 4) is 0 Å². The molecule has 0 N–H and O–H groups in total. The Labute approximate surface area is 103 Å². The Bertz CT molecular complexity index is 455. The van der Waals surface area contributed by atoms with Crippen molar-refractivity contribution in [2.75, 3.05) is 31.2 Å². The smallest absolute Gasteiger partial charge is 0.291 e. The number of halogens is 2. The van der Waals surface area contributed by atoms with E-state index in [4.69, 9.17) is 27.9 Å². The first-order valence-corrected chi connectivity index (χ1v) is 5.62. The Hall–Kier alpha value is -0.780. The molecule has 1 aromatic rings. The molecule has 0 aromatic carbocycles. The van der Waals surface area contributed by atoms with Crippen molar-refractivity contribution in [3.63, 3.8) is 0 Å². The van der Waals surface area contributed by atoms with Crippen LogP contribution in [0.25, 0.3) is 0 Å². The third-order valence-electron chi connectivity index (χ3n) is 2.45. The van der Waals surface area contributed by atoms with Crippen LogP contribution in [0.1, 0.15) is 0 Å². The Balaban J connectivity index is 2.49. The number of hydrogen-bond acceptors (Lipinski definition) is 4. The van der Waals surface area contributed by atoms with Crippen LogP contribution in [0.4, 0.5) is 5.69 Å². The Morgan fingerprint density at radius 1 is 1.31 bits per heavy atom. The van der Waals surface area contributed by atoms with Gasteiger partial charge in [0.15, 0.2) is 5.15 Å². The summed E-state index contributed by atoms with van der Waals surface area (Å²) in [7, 11) is 1.55. The summed E-state index contributed by atoms with van der Waals surface area (Å²) < 4.78 is 6.41. The summed E-state index contributed by atoms with van der Waals surface area (Å²) in [5.74, 6) is 0. The van der Waals surface area contributed by atoms with Gasteiger partial charge in [0.25, 0.3) is 5.56 Å². The summed E-state index contributed by atoms with van der Waals surface area (Å²) in [6.07, 6.45) is 0. The first-order valence-electron chi connectivity index (χ1n) is 4.86. The SMILES string of the molecule is Cn1nc(Cl)c(Cl)c(N2CCOCC2)c1=O. The molecule has 1 aromatic heterocycles. The molecule has 0 radical (unpaired) electrons. The molecule has 0 saturated carbocycles. The van der Waals surface area contributed by atoms with E-state index in [-0.39, 0.29) is 15.7 Å². The van der Waals surface area contributed by atoms with Crippen LogP contribution in [0.15, 0.2) is 4.79 Å². The molecule has 2 rings (SSSR count). The third-order valence-corrected chi connectivity index (χ3v) is 3.17. The molecule has 1 aliphatic heterocycles. The summed E-state index contributed by atoms with van der Waals surface area (Å²) in [5.41, 5.74) is 0.170. The molecule has 16 heavy (non-hydrogen) atoms. The predicted molar refractivity (Wildman–Crippen MR) is 62.5 cm³/mol. The fourth-order valence-corrected chi connectivity index (χ4v) is 2.07. The molecule has 0 spiro atoms. The lowest BCUT2D eigenvalue weighted by molar-refractivity contribution is 0.122. The van der Waals surface area contributed by atoms with Crippen molar-refractivity contribution < 1.29 is 4.74 Å². The van der Waals surface area contributed by atoms with Gasteiger partial charge in [-0.25, -0.2) is 4.68 Å². The molecule has 0 bridgehead atoms. The lowest BCUT2D eigenvalue weighted by Gasteiger charge is -2.28. The van der Waals surface area contributed by atoms with Crippen LogP contribution in [-0.2, 0) is 11.8 Å². The van der Waals surface area contributed by atoms with E-state index in [1.54, 1.807) is 7.05 Å². The first kappa shape index (κ1) is 11.7. The van der Waals surface area contributed by atoms with E-state index in [9.17, 15) is 4.79 Å². The molecule has 0 unspecified atom stereocenters. The number of aromatic nitrogens is 2. The largest absolute Gasteiger partial charge is 0.378 e. The second kappa shape index (κ2) is 4.61. The quantitative estimate of drug-likeness (QED) is 0.756. The van der Waals surface area contributed by atoms with E-state index in [0.29, 0.717) is 32.0 Å². The highest BCUT2D eigenvalue weighted by molar-refractivity contribution is 6.42. The zero-order valence-corrected chi connectivity index (χ0v) is 10.3. The third kappa shape index (κ3) is 2.03. The molecule has 1 saturated heterocycles. The van der Waals surface area contributed by atoms with Gasteiger partial charge in [0.1, 0.15) is 10.7 Å². The summed E-state index contributed by atoms with van der Waals surface area (Å²) in [5, 5.41) is 4.17. The summed E-state index contributed by atoms with van der Waals surface area (Å²) in [6, 6.07) is 0.